The van der Waals surface area contributed by atoms with E-state index in [-0.39, 0.29) is 5.43 Å². The van der Waals surface area contributed by atoms with Crippen molar-refractivity contribution in [1.82, 2.24) is 9.61 Å². The first kappa shape index (κ1) is 15.7. The number of benzene rings is 2. The van der Waals surface area contributed by atoms with Gasteiger partial charge in [0.2, 0.25) is 5.43 Å². The minimum Gasteiger partial charge on any atom is -0.495 e. The van der Waals surface area contributed by atoms with Crippen molar-refractivity contribution in [2.45, 2.75) is 6.92 Å². The highest BCUT2D eigenvalue weighted by molar-refractivity contribution is 9.11. The molecule has 7 heteroatoms. The van der Waals surface area contributed by atoms with Crippen LogP contribution in [0.5, 0.6) is 11.5 Å². The van der Waals surface area contributed by atoms with Crippen molar-refractivity contribution in [3.05, 3.63) is 43.1 Å². The maximum atomic E-state index is 13.3. The number of hydrogen-bond acceptors (Lipinski definition) is 4. The minimum absolute atomic E-state index is 0.119. The van der Waals surface area contributed by atoms with Gasteiger partial charge >= 0.3 is 0 Å². The fraction of sp³-hybridized carbons (Fsp3) is 0.176. The lowest BCUT2D eigenvalue weighted by Gasteiger charge is -2.14. The molecular formula is C17H12Br2N2O3. The standard InChI is InChI=1S/C17H12Br2N2O3/c1-7-8-4-5-9(18)12-14(8)21(20-7)15-11(23-2)6-10(19)17(24-3)13(15)16(12)22/h4-6H,1-3H3. The number of halogens is 2. The number of pyridine rings is 1. The summed E-state index contributed by atoms with van der Waals surface area (Å²) in [7, 11) is 3.11. The first-order valence-electron chi connectivity index (χ1n) is 7.17. The molecule has 2 aromatic heterocycles. The summed E-state index contributed by atoms with van der Waals surface area (Å²) in [5.74, 6) is 1.03. The maximum absolute atomic E-state index is 13.3. The van der Waals surface area contributed by atoms with Crippen LogP contribution in [0.1, 0.15) is 5.69 Å². The molecule has 0 saturated heterocycles. The Morgan fingerprint density at radius 2 is 1.79 bits per heavy atom. The van der Waals surface area contributed by atoms with Crippen molar-refractivity contribution in [3.8, 4) is 11.5 Å². The molecule has 0 unspecified atom stereocenters. The fourth-order valence-electron chi connectivity index (χ4n) is 3.21. The summed E-state index contributed by atoms with van der Waals surface area (Å²) in [6.07, 6.45) is 0. The third-order valence-corrected chi connectivity index (χ3v) is 5.49. The molecule has 0 atom stereocenters. The van der Waals surface area contributed by atoms with E-state index >= 15 is 0 Å². The van der Waals surface area contributed by atoms with Crippen LogP contribution in [0.25, 0.3) is 27.2 Å². The van der Waals surface area contributed by atoms with Crippen LogP contribution in [0.2, 0.25) is 0 Å². The van der Waals surface area contributed by atoms with E-state index in [0.29, 0.717) is 32.3 Å². The minimum atomic E-state index is -0.119. The molecule has 0 bridgehead atoms. The summed E-state index contributed by atoms with van der Waals surface area (Å²) in [4.78, 5) is 13.3. The number of hydrogen-bond donors (Lipinski definition) is 0. The summed E-state index contributed by atoms with van der Waals surface area (Å²) >= 11 is 6.96. The first-order valence-corrected chi connectivity index (χ1v) is 8.75. The average molecular weight is 452 g/mol. The second-order valence-electron chi connectivity index (χ2n) is 5.46. The molecule has 0 spiro atoms. The molecular weight excluding hydrogens is 440 g/mol. The normalized spacial score (nSPS) is 11.7. The van der Waals surface area contributed by atoms with Gasteiger partial charge < -0.3 is 9.47 Å². The van der Waals surface area contributed by atoms with E-state index in [1.54, 1.807) is 24.8 Å². The smallest absolute Gasteiger partial charge is 0.202 e. The molecule has 24 heavy (non-hydrogen) atoms. The predicted molar refractivity (Wildman–Crippen MR) is 101 cm³/mol. The van der Waals surface area contributed by atoms with Crippen LogP contribution in [0.4, 0.5) is 0 Å². The molecule has 4 rings (SSSR count). The maximum Gasteiger partial charge on any atom is 0.202 e. The predicted octanol–water partition coefficient (Wildman–Crippen LogP) is 4.29. The molecule has 122 valence electrons. The Bertz CT molecular complexity index is 1180. The number of aromatic nitrogens is 2. The number of nitrogens with zero attached hydrogens (tertiary/aromatic N) is 2. The molecule has 0 fully saturated rings. The van der Waals surface area contributed by atoms with Crippen LogP contribution in [-0.4, -0.2) is 23.8 Å². The fourth-order valence-corrected chi connectivity index (χ4v) is 4.28. The molecule has 0 N–H and O–H groups in total. The molecule has 0 saturated carbocycles. The van der Waals surface area contributed by atoms with Gasteiger partial charge in [-0.15, -0.1) is 0 Å². The van der Waals surface area contributed by atoms with Gasteiger partial charge in [0.05, 0.1) is 40.7 Å². The van der Waals surface area contributed by atoms with Gasteiger partial charge in [-0.25, -0.2) is 4.52 Å². The third kappa shape index (κ3) is 1.85. The summed E-state index contributed by atoms with van der Waals surface area (Å²) in [6, 6.07) is 5.63. The molecule has 5 nitrogen and oxygen atoms in total. The quantitative estimate of drug-likeness (QED) is 0.426. The Morgan fingerprint density at radius 3 is 2.46 bits per heavy atom. The van der Waals surface area contributed by atoms with Gasteiger partial charge in [-0.05, 0) is 50.9 Å². The van der Waals surface area contributed by atoms with E-state index in [0.717, 1.165) is 21.1 Å². The molecule has 0 aliphatic rings. The van der Waals surface area contributed by atoms with E-state index in [1.807, 2.05) is 19.1 Å². The van der Waals surface area contributed by atoms with Crippen molar-refractivity contribution < 1.29 is 9.47 Å². The van der Waals surface area contributed by atoms with Crippen LogP contribution in [0, 0.1) is 6.92 Å². The molecule has 4 aromatic rings. The molecule has 0 radical (unpaired) electrons. The van der Waals surface area contributed by atoms with Crippen molar-refractivity contribution >= 4 is 59.1 Å². The van der Waals surface area contributed by atoms with E-state index in [4.69, 9.17) is 9.47 Å². The molecule has 0 amide bonds. The van der Waals surface area contributed by atoms with Crippen LogP contribution < -0.4 is 14.9 Å². The van der Waals surface area contributed by atoms with Crippen LogP contribution >= 0.6 is 31.9 Å². The summed E-state index contributed by atoms with van der Waals surface area (Å²) in [5.41, 5.74) is 2.11. The van der Waals surface area contributed by atoms with Crippen LogP contribution in [-0.2, 0) is 0 Å². The second-order valence-corrected chi connectivity index (χ2v) is 7.17. The van der Waals surface area contributed by atoms with Gasteiger partial charge in [-0.2, -0.15) is 5.10 Å². The zero-order valence-corrected chi connectivity index (χ0v) is 16.3. The topological polar surface area (TPSA) is 52.8 Å². The van der Waals surface area contributed by atoms with Gasteiger partial charge in [0, 0.05) is 15.9 Å². The summed E-state index contributed by atoms with van der Waals surface area (Å²) < 4.78 is 14.2. The Morgan fingerprint density at radius 1 is 1.04 bits per heavy atom. The van der Waals surface area contributed by atoms with Crippen LogP contribution in [0.3, 0.4) is 0 Å². The monoisotopic (exact) mass is 450 g/mol. The largest absolute Gasteiger partial charge is 0.495 e. The third-order valence-electron chi connectivity index (χ3n) is 4.24. The summed E-state index contributed by atoms with van der Waals surface area (Å²) in [5, 5.41) is 6.60. The Labute approximate surface area is 153 Å². The zero-order valence-electron chi connectivity index (χ0n) is 13.1. The van der Waals surface area contributed by atoms with Crippen molar-refractivity contribution in [1.29, 1.82) is 0 Å². The first-order chi connectivity index (χ1) is 11.5. The number of methoxy groups -OCH3 is 2. The van der Waals surface area contributed by atoms with Gasteiger partial charge in [0.1, 0.15) is 17.0 Å². The highest BCUT2D eigenvalue weighted by Crippen LogP contribution is 2.40. The lowest BCUT2D eigenvalue weighted by atomic mass is 10.1. The Hall–Kier alpha value is -1.86. The number of aryl methyl sites for hydroxylation is 1. The SMILES string of the molecule is COc1c(Br)cc(OC)c2c1c(=O)c1c(Br)ccc3c(C)nn2c31. The highest BCUT2D eigenvalue weighted by atomic mass is 79.9. The van der Waals surface area contributed by atoms with E-state index < -0.39 is 0 Å². The van der Waals surface area contributed by atoms with Crippen molar-refractivity contribution in [3.63, 3.8) is 0 Å². The summed E-state index contributed by atoms with van der Waals surface area (Å²) in [6.45, 7) is 1.93. The molecule has 0 aliphatic heterocycles. The van der Waals surface area contributed by atoms with E-state index in [9.17, 15) is 4.79 Å². The lowest BCUT2D eigenvalue weighted by molar-refractivity contribution is 0.407. The highest BCUT2D eigenvalue weighted by Gasteiger charge is 2.24. The Kier molecular flexibility index (Phi) is 3.47. The van der Waals surface area contributed by atoms with Gasteiger partial charge in [-0.1, -0.05) is 0 Å². The van der Waals surface area contributed by atoms with E-state index in [1.165, 1.54) is 0 Å². The van der Waals surface area contributed by atoms with Gasteiger partial charge in [0.25, 0.3) is 0 Å². The van der Waals surface area contributed by atoms with Gasteiger partial charge in [-0.3, -0.25) is 4.79 Å². The molecule has 0 aliphatic carbocycles. The molecule has 2 heterocycles. The lowest BCUT2D eigenvalue weighted by Crippen LogP contribution is -2.10. The number of ether oxygens (including phenoxy) is 2. The van der Waals surface area contributed by atoms with Crippen LogP contribution in [0.15, 0.2) is 31.9 Å². The molecule has 2 aromatic carbocycles. The average Bonchev–Trinajstić information content (AvgIpc) is 2.89. The Balaban J connectivity index is 2.48. The number of fused-ring (bicyclic) bond motifs is 2. The van der Waals surface area contributed by atoms with Crippen molar-refractivity contribution in [2.75, 3.05) is 14.2 Å². The van der Waals surface area contributed by atoms with Gasteiger partial charge in [0.15, 0.2) is 0 Å². The zero-order chi connectivity index (χ0) is 17.2. The second kappa shape index (κ2) is 5.32. The van der Waals surface area contributed by atoms with Crippen molar-refractivity contribution in [2.24, 2.45) is 0 Å². The van der Waals surface area contributed by atoms with E-state index in [2.05, 4.69) is 37.0 Å². The number of rotatable bonds is 2.